The summed E-state index contributed by atoms with van der Waals surface area (Å²) in [5.74, 6) is 0.879. The zero-order valence-corrected chi connectivity index (χ0v) is 16.3. The highest BCUT2D eigenvalue weighted by molar-refractivity contribution is 6.77. The van der Waals surface area contributed by atoms with E-state index in [1.807, 2.05) is 12.1 Å². The SMILES string of the molecule is Cc1cc2c3[n+](c1)Cc1cccc(c1-3)N1B2Oc2cc3oc4ccccc4c3cc21. The van der Waals surface area contributed by atoms with Crippen LogP contribution in [0.25, 0.3) is 33.2 Å². The van der Waals surface area contributed by atoms with Gasteiger partial charge in [0.05, 0.1) is 16.7 Å². The Morgan fingerprint density at radius 2 is 1.87 bits per heavy atom. The Labute approximate surface area is 173 Å². The second-order valence-electron chi connectivity index (χ2n) is 8.52. The summed E-state index contributed by atoms with van der Waals surface area (Å²) in [7, 11) is -0.153. The maximum Gasteiger partial charge on any atom is 0.531 e. The van der Waals surface area contributed by atoms with Crippen molar-refractivity contribution >= 4 is 45.8 Å². The molecule has 140 valence electrons. The zero-order valence-electron chi connectivity index (χ0n) is 16.3. The van der Waals surface area contributed by atoms with Crippen LogP contribution in [0.3, 0.4) is 0 Å². The highest BCUT2D eigenvalue weighted by atomic mass is 16.5. The van der Waals surface area contributed by atoms with Crippen LogP contribution in [0.2, 0.25) is 0 Å². The lowest BCUT2D eigenvalue weighted by Gasteiger charge is -2.28. The minimum Gasteiger partial charge on any atom is -0.536 e. The standard InChI is InChI=1S/C25H16BN2O2/c1-14-9-18-25-24-15(13-27(25)12-14)5-4-7-19(24)28-20-10-17-16-6-2-3-8-21(16)29-22(17)11-23(20)30-26(18)28/h2-12H,13H2,1H3/q+1. The predicted octanol–water partition coefficient (Wildman–Crippen LogP) is 4.45. The maximum absolute atomic E-state index is 6.58. The average molecular weight is 387 g/mol. The second kappa shape index (κ2) is 4.87. The molecule has 0 radical (unpaired) electrons. The average Bonchev–Trinajstić information content (AvgIpc) is 3.41. The first kappa shape index (κ1) is 15.2. The van der Waals surface area contributed by atoms with Gasteiger partial charge in [0.1, 0.15) is 16.9 Å². The van der Waals surface area contributed by atoms with E-state index in [0.717, 1.165) is 39.9 Å². The Kier molecular flexibility index (Phi) is 2.46. The minimum atomic E-state index is -0.153. The van der Waals surface area contributed by atoms with Crippen molar-refractivity contribution in [3.8, 4) is 17.0 Å². The molecule has 0 bridgehead atoms. The number of anilines is 2. The van der Waals surface area contributed by atoms with Crippen LogP contribution in [0.5, 0.6) is 5.75 Å². The Hall–Kier alpha value is -3.73. The lowest BCUT2D eigenvalue weighted by Crippen LogP contribution is -2.54. The Morgan fingerprint density at radius 3 is 2.83 bits per heavy atom. The third-order valence-corrected chi connectivity index (χ3v) is 6.73. The molecule has 0 unspecified atom stereocenters. The molecule has 3 aliphatic rings. The number of nitrogens with zero attached hydrogens (tertiary/aromatic N) is 2. The number of aryl methyl sites for hydroxylation is 1. The maximum atomic E-state index is 6.58. The van der Waals surface area contributed by atoms with Crippen molar-refractivity contribution in [3.63, 3.8) is 0 Å². The van der Waals surface area contributed by atoms with Crippen molar-refractivity contribution in [1.82, 2.24) is 0 Å². The number of para-hydroxylation sites is 1. The minimum absolute atomic E-state index is 0.153. The molecule has 0 N–H and O–H groups in total. The van der Waals surface area contributed by atoms with Gasteiger partial charge in [-0.15, -0.1) is 0 Å². The third-order valence-electron chi connectivity index (χ3n) is 6.73. The van der Waals surface area contributed by atoms with Crippen LogP contribution in [0.15, 0.2) is 71.3 Å². The van der Waals surface area contributed by atoms with E-state index in [0.29, 0.717) is 0 Å². The molecule has 0 fully saturated rings. The van der Waals surface area contributed by atoms with Crippen LogP contribution in [0, 0.1) is 6.92 Å². The highest BCUT2D eigenvalue weighted by Crippen LogP contribution is 2.50. The molecule has 5 heterocycles. The molecule has 2 aromatic heterocycles. The Balaban J connectivity index is 1.46. The number of aromatic nitrogens is 1. The molecule has 8 rings (SSSR count). The van der Waals surface area contributed by atoms with Gasteiger partial charge in [-0.05, 0) is 31.2 Å². The van der Waals surface area contributed by atoms with Gasteiger partial charge in [-0.2, -0.15) is 4.57 Å². The predicted molar refractivity (Wildman–Crippen MR) is 118 cm³/mol. The van der Waals surface area contributed by atoms with Crippen molar-refractivity contribution in [3.05, 3.63) is 78.0 Å². The van der Waals surface area contributed by atoms with E-state index < -0.39 is 0 Å². The van der Waals surface area contributed by atoms with Crippen LogP contribution in [-0.2, 0) is 6.54 Å². The third kappa shape index (κ3) is 1.65. The van der Waals surface area contributed by atoms with Crippen molar-refractivity contribution in [2.75, 3.05) is 4.81 Å². The molecule has 3 aliphatic heterocycles. The van der Waals surface area contributed by atoms with Crippen LogP contribution in [0.1, 0.15) is 11.1 Å². The fraction of sp³-hybridized carbons (Fsp3) is 0.0800. The van der Waals surface area contributed by atoms with Gasteiger partial charge < -0.3 is 13.9 Å². The van der Waals surface area contributed by atoms with Gasteiger partial charge in [0.25, 0.3) is 0 Å². The fourth-order valence-corrected chi connectivity index (χ4v) is 5.59. The molecule has 0 spiro atoms. The number of hydrogen-bond acceptors (Lipinski definition) is 3. The molecule has 5 aromatic rings. The van der Waals surface area contributed by atoms with E-state index in [2.05, 4.69) is 71.0 Å². The molecule has 0 amide bonds. The van der Waals surface area contributed by atoms with E-state index in [1.165, 1.54) is 33.5 Å². The molecule has 0 aliphatic carbocycles. The summed E-state index contributed by atoms with van der Waals surface area (Å²) < 4.78 is 15.1. The van der Waals surface area contributed by atoms with Gasteiger partial charge in [-0.25, -0.2) is 0 Å². The summed E-state index contributed by atoms with van der Waals surface area (Å²) in [6, 6.07) is 21.4. The number of pyridine rings is 1. The van der Waals surface area contributed by atoms with E-state index in [-0.39, 0.29) is 7.05 Å². The fourth-order valence-electron chi connectivity index (χ4n) is 5.59. The number of fused-ring (bicyclic) bond motifs is 8. The van der Waals surface area contributed by atoms with E-state index in [9.17, 15) is 0 Å². The smallest absolute Gasteiger partial charge is 0.531 e. The van der Waals surface area contributed by atoms with Gasteiger partial charge in [0.15, 0.2) is 12.7 Å². The van der Waals surface area contributed by atoms with Crippen molar-refractivity contribution in [2.45, 2.75) is 13.5 Å². The van der Waals surface area contributed by atoms with Crippen molar-refractivity contribution in [1.29, 1.82) is 0 Å². The highest BCUT2D eigenvalue weighted by Gasteiger charge is 2.51. The van der Waals surface area contributed by atoms with Crippen LogP contribution in [0.4, 0.5) is 11.4 Å². The van der Waals surface area contributed by atoms with E-state index in [4.69, 9.17) is 9.07 Å². The molecular formula is C25H16BN2O2+. The summed E-state index contributed by atoms with van der Waals surface area (Å²) in [6.07, 6.45) is 2.25. The van der Waals surface area contributed by atoms with Gasteiger partial charge in [-0.3, -0.25) is 0 Å². The summed E-state index contributed by atoms with van der Waals surface area (Å²) in [5, 5.41) is 2.27. The van der Waals surface area contributed by atoms with Gasteiger partial charge in [0.2, 0.25) is 5.69 Å². The topological polar surface area (TPSA) is 29.5 Å². The molecule has 5 heteroatoms. The van der Waals surface area contributed by atoms with Crippen molar-refractivity contribution < 1.29 is 13.6 Å². The molecule has 0 atom stereocenters. The first-order chi connectivity index (χ1) is 14.8. The van der Waals surface area contributed by atoms with Gasteiger partial charge in [0, 0.05) is 33.7 Å². The largest absolute Gasteiger partial charge is 0.536 e. The quantitative estimate of drug-likeness (QED) is 0.285. The van der Waals surface area contributed by atoms with E-state index >= 15 is 0 Å². The number of rotatable bonds is 0. The van der Waals surface area contributed by atoms with Crippen LogP contribution >= 0.6 is 0 Å². The summed E-state index contributed by atoms with van der Waals surface area (Å²) in [4.78, 5) is 2.37. The summed E-state index contributed by atoms with van der Waals surface area (Å²) >= 11 is 0. The zero-order chi connectivity index (χ0) is 19.6. The molecule has 3 aromatic carbocycles. The van der Waals surface area contributed by atoms with Crippen LogP contribution < -0.4 is 19.5 Å². The lowest BCUT2D eigenvalue weighted by molar-refractivity contribution is -0.671. The van der Waals surface area contributed by atoms with Gasteiger partial charge in [-0.1, -0.05) is 30.3 Å². The molecule has 0 saturated carbocycles. The van der Waals surface area contributed by atoms with E-state index in [1.54, 1.807) is 0 Å². The van der Waals surface area contributed by atoms with Gasteiger partial charge >= 0.3 is 7.05 Å². The first-order valence-corrected chi connectivity index (χ1v) is 10.3. The first-order valence-electron chi connectivity index (χ1n) is 10.3. The monoisotopic (exact) mass is 387 g/mol. The van der Waals surface area contributed by atoms with Crippen molar-refractivity contribution in [2.24, 2.45) is 0 Å². The summed E-state index contributed by atoms with van der Waals surface area (Å²) in [6.45, 7) is 3.08. The Bertz CT molecular complexity index is 1590. The van der Waals surface area contributed by atoms with Crippen LogP contribution in [-0.4, -0.2) is 7.05 Å². The molecule has 30 heavy (non-hydrogen) atoms. The number of hydrogen-bond donors (Lipinski definition) is 0. The second-order valence-corrected chi connectivity index (χ2v) is 8.52. The number of benzene rings is 3. The normalized spacial score (nSPS) is 14.8. The Morgan fingerprint density at radius 1 is 0.933 bits per heavy atom. The number of furan rings is 1. The molecule has 0 saturated heterocycles. The molecular weight excluding hydrogens is 371 g/mol. The summed E-state index contributed by atoms with van der Waals surface area (Å²) in [5.41, 5.74) is 10.6. The molecule has 4 nitrogen and oxygen atoms in total. The lowest BCUT2D eigenvalue weighted by atomic mass is 9.66.